The summed E-state index contributed by atoms with van der Waals surface area (Å²) in [5.74, 6) is 0. The van der Waals surface area contributed by atoms with Crippen molar-refractivity contribution in [2.75, 3.05) is 6.26 Å². The molecule has 0 aromatic rings. The molecule has 0 aliphatic carbocycles. The van der Waals surface area contributed by atoms with Crippen molar-refractivity contribution >= 4 is 10.1 Å². The summed E-state index contributed by atoms with van der Waals surface area (Å²) in [5.41, 5.74) is -1.52. The number of ether oxygens (including phenoxy) is 1. The molecule has 92 valence electrons. The van der Waals surface area contributed by atoms with Crippen LogP contribution in [0.15, 0.2) is 12.2 Å². The molecular weight excluding hydrogens is 232 g/mol. The molecule has 1 N–H and O–H groups in total. The fraction of sp³-hybridized carbons (Fsp3) is 0.800. The Bertz CT molecular complexity index is 428. The highest BCUT2D eigenvalue weighted by Crippen LogP contribution is 2.45. The molecule has 0 saturated carbocycles. The summed E-state index contributed by atoms with van der Waals surface area (Å²) in [6.07, 6.45) is 3.37. The highest BCUT2D eigenvalue weighted by Gasteiger charge is 2.56. The Morgan fingerprint density at radius 2 is 2.12 bits per heavy atom. The molecule has 0 radical (unpaired) electrons. The maximum absolute atomic E-state index is 11.1. The summed E-state index contributed by atoms with van der Waals surface area (Å²) in [6.45, 7) is 3.52. The van der Waals surface area contributed by atoms with Crippen molar-refractivity contribution < 1.29 is 22.4 Å². The van der Waals surface area contributed by atoms with Crippen LogP contribution in [0.2, 0.25) is 0 Å². The number of rotatable bonds is 2. The summed E-state index contributed by atoms with van der Waals surface area (Å²) in [7, 11) is -3.54. The van der Waals surface area contributed by atoms with Gasteiger partial charge in [0, 0.05) is 6.42 Å². The van der Waals surface area contributed by atoms with Crippen molar-refractivity contribution in [3.63, 3.8) is 0 Å². The van der Waals surface area contributed by atoms with E-state index in [4.69, 9.17) is 8.92 Å². The van der Waals surface area contributed by atoms with E-state index < -0.39 is 33.5 Å². The molecule has 16 heavy (non-hydrogen) atoms. The number of hydrogen-bond donors (Lipinski definition) is 1. The van der Waals surface area contributed by atoms with E-state index in [9.17, 15) is 13.5 Å². The average molecular weight is 248 g/mol. The Morgan fingerprint density at radius 1 is 1.50 bits per heavy atom. The van der Waals surface area contributed by atoms with E-state index in [1.165, 1.54) is 0 Å². The molecule has 2 aliphatic rings. The molecule has 0 aromatic heterocycles. The number of aliphatic hydroxyl groups excluding tert-OH is 1. The lowest BCUT2D eigenvalue weighted by molar-refractivity contribution is -0.122. The second-order valence-electron chi connectivity index (χ2n) is 4.90. The van der Waals surface area contributed by atoms with Crippen LogP contribution in [0.5, 0.6) is 0 Å². The predicted molar refractivity (Wildman–Crippen MR) is 57.4 cm³/mol. The molecule has 1 saturated heterocycles. The smallest absolute Gasteiger partial charge is 0.265 e. The number of aliphatic hydroxyl groups is 1. The third-order valence-corrected chi connectivity index (χ3v) is 3.75. The maximum Gasteiger partial charge on any atom is 0.265 e. The summed E-state index contributed by atoms with van der Waals surface area (Å²) in [5, 5.41) is 9.86. The average Bonchev–Trinajstić information content (AvgIpc) is 2.26. The second kappa shape index (κ2) is 3.29. The van der Waals surface area contributed by atoms with Crippen LogP contribution in [-0.2, 0) is 19.0 Å². The Hall–Kier alpha value is -0.430. The van der Waals surface area contributed by atoms with Crippen LogP contribution < -0.4 is 0 Å². The molecule has 1 fully saturated rings. The van der Waals surface area contributed by atoms with Crippen molar-refractivity contribution in [2.45, 2.75) is 43.7 Å². The zero-order chi connectivity index (χ0) is 12.2. The van der Waals surface area contributed by atoms with E-state index in [1.54, 1.807) is 26.0 Å². The highest BCUT2D eigenvalue weighted by atomic mass is 32.2. The van der Waals surface area contributed by atoms with Crippen molar-refractivity contribution in [3.05, 3.63) is 12.2 Å². The fourth-order valence-electron chi connectivity index (χ4n) is 2.32. The Kier molecular flexibility index (Phi) is 2.47. The van der Waals surface area contributed by atoms with Crippen LogP contribution in [0.4, 0.5) is 0 Å². The maximum atomic E-state index is 11.1. The Balaban J connectivity index is 2.30. The third kappa shape index (κ3) is 1.90. The third-order valence-electron chi connectivity index (χ3n) is 3.20. The van der Waals surface area contributed by atoms with Gasteiger partial charge in [0.15, 0.2) is 0 Å². The predicted octanol–water partition coefficient (Wildman–Crippen LogP) is 0.200. The summed E-state index contributed by atoms with van der Waals surface area (Å²) in [4.78, 5) is 0. The van der Waals surface area contributed by atoms with Crippen LogP contribution in [0, 0.1) is 0 Å². The lowest BCUT2D eigenvalue weighted by atomic mass is 9.95. The first kappa shape index (κ1) is 12.0. The van der Waals surface area contributed by atoms with Crippen LogP contribution in [0.25, 0.3) is 0 Å². The first-order valence-electron chi connectivity index (χ1n) is 5.10. The van der Waals surface area contributed by atoms with E-state index in [2.05, 4.69) is 0 Å². The molecule has 2 rings (SSSR count). The largest absolute Gasteiger partial charge is 0.390 e. The van der Waals surface area contributed by atoms with Crippen LogP contribution in [0.3, 0.4) is 0 Å². The van der Waals surface area contributed by atoms with Crippen LogP contribution >= 0.6 is 0 Å². The summed E-state index contributed by atoms with van der Waals surface area (Å²) >= 11 is 0. The van der Waals surface area contributed by atoms with E-state index >= 15 is 0 Å². The molecule has 0 unspecified atom stereocenters. The molecule has 2 aliphatic heterocycles. The monoisotopic (exact) mass is 248 g/mol. The molecular formula is C10H16O5S. The zero-order valence-electron chi connectivity index (χ0n) is 9.50. The SMILES string of the molecule is C[C@]12C=C[C@H](OS(C)(=O)=O)[C@](C)(C[C@@H]1O)O2. The molecule has 0 spiro atoms. The summed E-state index contributed by atoms with van der Waals surface area (Å²) in [6, 6.07) is 0. The van der Waals surface area contributed by atoms with Gasteiger partial charge in [-0.2, -0.15) is 8.42 Å². The van der Waals surface area contributed by atoms with Gasteiger partial charge in [-0.15, -0.1) is 0 Å². The lowest BCUT2D eigenvalue weighted by Crippen LogP contribution is -2.46. The van der Waals surface area contributed by atoms with Crippen LogP contribution in [0.1, 0.15) is 20.3 Å². The lowest BCUT2D eigenvalue weighted by Gasteiger charge is -2.36. The van der Waals surface area contributed by atoms with Gasteiger partial charge in [-0.1, -0.05) is 12.2 Å². The van der Waals surface area contributed by atoms with Gasteiger partial charge in [0.2, 0.25) is 0 Å². The van der Waals surface area contributed by atoms with Gasteiger partial charge in [-0.3, -0.25) is 4.18 Å². The molecule has 4 atom stereocenters. The van der Waals surface area contributed by atoms with E-state index in [1.807, 2.05) is 0 Å². The van der Waals surface area contributed by atoms with Crippen molar-refractivity contribution in [1.29, 1.82) is 0 Å². The minimum absolute atomic E-state index is 0.358. The minimum atomic E-state index is -3.54. The highest BCUT2D eigenvalue weighted by molar-refractivity contribution is 7.86. The van der Waals surface area contributed by atoms with Gasteiger partial charge in [-0.05, 0) is 13.8 Å². The van der Waals surface area contributed by atoms with Gasteiger partial charge in [0.1, 0.15) is 17.3 Å². The first-order valence-corrected chi connectivity index (χ1v) is 6.92. The zero-order valence-corrected chi connectivity index (χ0v) is 10.3. The van der Waals surface area contributed by atoms with Gasteiger partial charge >= 0.3 is 0 Å². The number of hydrogen-bond acceptors (Lipinski definition) is 5. The topological polar surface area (TPSA) is 72.8 Å². The van der Waals surface area contributed by atoms with Crippen LogP contribution in [-0.4, -0.2) is 43.2 Å². The summed E-state index contributed by atoms with van der Waals surface area (Å²) < 4.78 is 32.9. The van der Waals surface area contributed by atoms with E-state index in [0.29, 0.717) is 6.42 Å². The van der Waals surface area contributed by atoms with Gasteiger partial charge in [0.05, 0.1) is 12.4 Å². The quantitative estimate of drug-likeness (QED) is 0.558. The molecule has 0 aromatic carbocycles. The van der Waals surface area contributed by atoms with Crippen molar-refractivity contribution in [2.24, 2.45) is 0 Å². The minimum Gasteiger partial charge on any atom is -0.390 e. The molecule has 0 amide bonds. The normalized spacial score (nSPS) is 47.2. The number of fused-ring (bicyclic) bond motifs is 2. The molecule has 2 heterocycles. The standard InChI is InChI=1S/C10H16O5S/c1-9-5-4-8(14-16(3,12)13)10(2,15-9)6-7(9)11/h4-5,7-8,11H,6H2,1-3H3/t7-,8-,9-,10-/m0/s1. The van der Waals surface area contributed by atoms with Gasteiger partial charge in [0.25, 0.3) is 10.1 Å². The Labute approximate surface area is 95.2 Å². The van der Waals surface area contributed by atoms with Gasteiger partial charge < -0.3 is 9.84 Å². The first-order chi connectivity index (χ1) is 7.15. The van der Waals surface area contributed by atoms with E-state index in [0.717, 1.165) is 6.26 Å². The Morgan fingerprint density at radius 3 is 2.69 bits per heavy atom. The molecule has 6 heteroatoms. The molecule has 5 nitrogen and oxygen atoms in total. The van der Waals surface area contributed by atoms with Crippen molar-refractivity contribution in [3.8, 4) is 0 Å². The van der Waals surface area contributed by atoms with Crippen molar-refractivity contribution in [1.82, 2.24) is 0 Å². The second-order valence-corrected chi connectivity index (χ2v) is 6.50. The fourth-order valence-corrected chi connectivity index (χ4v) is 2.97. The van der Waals surface area contributed by atoms with E-state index in [-0.39, 0.29) is 0 Å². The molecule has 2 bridgehead atoms. The van der Waals surface area contributed by atoms with Gasteiger partial charge in [-0.25, -0.2) is 0 Å².